The van der Waals surface area contributed by atoms with Crippen molar-refractivity contribution in [2.75, 3.05) is 19.8 Å². The summed E-state index contributed by atoms with van der Waals surface area (Å²) in [4.78, 5) is 11.3. The molecule has 0 unspecified atom stereocenters. The van der Waals surface area contributed by atoms with Crippen LogP contribution in [0.25, 0.3) is 6.08 Å². The van der Waals surface area contributed by atoms with Gasteiger partial charge >= 0.3 is 5.97 Å². The first-order valence-electron chi connectivity index (χ1n) is 6.55. The lowest BCUT2D eigenvalue weighted by atomic mass is 10.1. The largest absolute Gasteiger partial charge is 0.463 e. The standard InChI is InChI=1S/C15H18O5/c1-2-18-14(16)8-7-11-5-3-4-6-13(11)15(17)20-10-12-9-19-12/h3-8,12,15,17H,2,9-10H2,1H3/b8-7+/t12-,15-/m1/s1. The summed E-state index contributed by atoms with van der Waals surface area (Å²) >= 11 is 0. The molecule has 1 fully saturated rings. The van der Waals surface area contributed by atoms with E-state index in [-0.39, 0.29) is 6.10 Å². The predicted octanol–water partition coefficient (Wildman–Crippen LogP) is 1.67. The van der Waals surface area contributed by atoms with Crippen LogP contribution in [0.1, 0.15) is 24.3 Å². The molecule has 5 heteroatoms. The molecule has 2 atom stereocenters. The van der Waals surface area contributed by atoms with E-state index in [1.54, 1.807) is 31.2 Å². The van der Waals surface area contributed by atoms with Crippen molar-refractivity contribution in [1.29, 1.82) is 0 Å². The molecule has 1 aromatic carbocycles. The van der Waals surface area contributed by atoms with Crippen LogP contribution in [0.3, 0.4) is 0 Å². The van der Waals surface area contributed by atoms with Gasteiger partial charge in [0.25, 0.3) is 0 Å². The Labute approximate surface area is 117 Å². The minimum Gasteiger partial charge on any atom is -0.463 e. The highest BCUT2D eigenvalue weighted by atomic mass is 16.6. The number of esters is 1. The van der Waals surface area contributed by atoms with E-state index >= 15 is 0 Å². The van der Waals surface area contributed by atoms with Gasteiger partial charge in [-0.25, -0.2) is 4.79 Å². The summed E-state index contributed by atoms with van der Waals surface area (Å²) in [5.74, 6) is -0.413. The fourth-order valence-electron chi connectivity index (χ4n) is 1.69. The van der Waals surface area contributed by atoms with Crippen LogP contribution >= 0.6 is 0 Å². The number of carbonyl (C=O) groups excluding carboxylic acids is 1. The number of hydrogen-bond acceptors (Lipinski definition) is 5. The molecule has 0 aliphatic carbocycles. The number of ether oxygens (including phenoxy) is 3. The molecular formula is C15H18O5. The highest BCUT2D eigenvalue weighted by Gasteiger charge is 2.24. The Kier molecular flexibility index (Phi) is 5.29. The van der Waals surface area contributed by atoms with E-state index in [0.29, 0.717) is 30.9 Å². The van der Waals surface area contributed by atoms with Crippen molar-refractivity contribution in [3.05, 3.63) is 41.5 Å². The Bertz CT molecular complexity index is 479. The molecule has 5 nitrogen and oxygen atoms in total. The van der Waals surface area contributed by atoms with Crippen LogP contribution in [-0.2, 0) is 19.0 Å². The van der Waals surface area contributed by atoms with Gasteiger partial charge in [-0.05, 0) is 18.6 Å². The second kappa shape index (κ2) is 7.19. The first-order chi connectivity index (χ1) is 9.70. The van der Waals surface area contributed by atoms with Crippen molar-refractivity contribution >= 4 is 12.0 Å². The number of aliphatic hydroxyl groups is 1. The van der Waals surface area contributed by atoms with Crippen LogP contribution in [0, 0.1) is 0 Å². The molecule has 2 rings (SSSR count). The van der Waals surface area contributed by atoms with Gasteiger partial charge in [0.2, 0.25) is 0 Å². The van der Waals surface area contributed by atoms with Crippen molar-refractivity contribution in [3.8, 4) is 0 Å². The van der Waals surface area contributed by atoms with Crippen molar-refractivity contribution in [3.63, 3.8) is 0 Å². The van der Waals surface area contributed by atoms with E-state index in [2.05, 4.69) is 0 Å². The van der Waals surface area contributed by atoms with Crippen LogP contribution in [0.5, 0.6) is 0 Å². The van der Waals surface area contributed by atoms with Crippen LogP contribution in [0.4, 0.5) is 0 Å². The molecule has 20 heavy (non-hydrogen) atoms. The molecule has 0 aromatic heterocycles. The first kappa shape index (κ1) is 14.7. The zero-order chi connectivity index (χ0) is 14.4. The van der Waals surface area contributed by atoms with E-state index in [9.17, 15) is 9.90 Å². The molecule has 0 amide bonds. The Balaban J connectivity index is 2.02. The van der Waals surface area contributed by atoms with Gasteiger partial charge in [-0.2, -0.15) is 0 Å². The maximum atomic E-state index is 11.3. The summed E-state index contributed by atoms with van der Waals surface area (Å²) in [5.41, 5.74) is 1.32. The van der Waals surface area contributed by atoms with Crippen molar-refractivity contribution < 1.29 is 24.1 Å². The molecule has 1 heterocycles. The molecule has 1 aliphatic heterocycles. The Morgan fingerprint density at radius 2 is 2.30 bits per heavy atom. The third-order valence-electron chi connectivity index (χ3n) is 2.79. The molecule has 0 radical (unpaired) electrons. The van der Waals surface area contributed by atoms with Crippen molar-refractivity contribution in [2.24, 2.45) is 0 Å². The molecule has 1 aliphatic rings. The third kappa shape index (κ3) is 4.45. The summed E-state index contributed by atoms with van der Waals surface area (Å²) in [6.07, 6.45) is 1.99. The summed E-state index contributed by atoms with van der Waals surface area (Å²) in [7, 11) is 0. The molecule has 1 N–H and O–H groups in total. The lowest BCUT2D eigenvalue weighted by molar-refractivity contribution is -0.137. The number of rotatable bonds is 7. The maximum Gasteiger partial charge on any atom is 0.330 e. The van der Waals surface area contributed by atoms with Gasteiger partial charge < -0.3 is 19.3 Å². The monoisotopic (exact) mass is 278 g/mol. The minimum atomic E-state index is -1.04. The lowest BCUT2D eigenvalue weighted by Crippen LogP contribution is -2.09. The highest BCUT2D eigenvalue weighted by Crippen LogP contribution is 2.22. The van der Waals surface area contributed by atoms with Crippen LogP contribution in [-0.4, -0.2) is 37.0 Å². The molecule has 0 spiro atoms. The summed E-state index contributed by atoms with van der Waals surface area (Å²) in [5, 5.41) is 10.0. The quantitative estimate of drug-likeness (QED) is 0.355. The van der Waals surface area contributed by atoms with Gasteiger partial charge in [0.05, 0.1) is 19.8 Å². The zero-order valence-corrected chi connectivity index (χ0v) is 11.3. The van der Waals surface area contributed by atoms with Crippen LogP contribution < -0.4 is 0 Å². The number of benzene rings is 1. The van der Waals surface area contributed by atoms with Gasteiger partial charge in [-0.1, -0.05) is 24.3 Å². The van der Waals surface area contributed by atoms with E-state index in [4.69, 9.17) is 14.2 Å². The number of hydrogen-bond donors (Lipinski definition) is 1. The molecular weight excluding hydrogens is 260 g/mol. The molecule has 0 bridgehead atoms. The summed E-state index contributed by atoms with van der Waals surface area (Å²) in [6.45, 7) is 3.11. The third-order valence-corrected chi connectivity index (χ3v) is 2.79. The van der Waals surface area contributed by atoms with E-state index < -0.39 is 12.3 Å². The van der Waals surface area contributed by atoms with Gasteiger partial charge in [-0.3, -0.25) is 0 Å². The predicted molar refractivity (Wildman–Crippen MR) is 72.8 cm³/mol. The normalized spacial score (nSPS) is 19.0. The average molecular weight is 278 g/mol. The van der Waals surface area contributed by atoms with Crippen molar-refractivity contribution in [2.45, 2.75) is 19.3 Å². The maximum absolute atomic E-state index is 11.3. The first-order valence-corrected chi connectivity index (χ1v) is 6.55. The van der Waals surface area contributed by atoms with E-state index in [0.717, 1.165) is 0 Å². The van der Waals surface area contributed by atoms with Gasteiger partial charge in [0.15, 0.2) is 6.29 Å². The second-order valence-electron chi connectivity index (χ2n) is 4.36. The topological polar surface area (TPSA) is 68.3 Å². The molecule has 1 saturated heterocycles. The molecule has 1 aromatic rings. The van der Waals surface area contributed by atoms with Gasteiger partial charge in [0.1, 0.15) is 6.10 Å². The summed E-state index contributed by atoms with van der Waals surface area (Å²) < 4.78 is 15.2. The Morgan fingerprint density at radius 1 is 1.55 bits per heavy atom. The number of aliphatic hydroxyl groups excluding tert-OH is 1. The molecule has 108 valence electrons. The number of carbonyl (C=O) groups is 1. The van der Waals surface area contributed by atoms with Gasteiger partial charge in [0, 0.05) is 11.6 Å². The number of epoxide rings is 1. The lowest BCUT2D eigenvalue weighted by Gasteiger charge is -2.14. The fourth-order valence-corrected chi connectivity index (χ4v) is 1.69. The SMILES string of the molecule is CCOC(=O)/C=C/c1ccccc1[C@H](O)OC[C@H]1CO1. The Morgan fingerprint density at radius 3 is 3.00 bits per heavy atom. The van der Waals surface area contributed by atoms with Crippen LogP contribution in [0.15, 0.2) is 30.3 Å². The van der Waals surface area contributed by atoms with Crippen LogP contribution in [0.2, 0.25) is 0 Å². The zero-order valence-electron chi connectivity index (χ0n) is 11.3. The minimum absolute atomic E-state index is 0.0897. The van der Waals surface area contributed by atoms with Gasteiger partial charge in [-0.15, -0.1) is 0 Å². The van der Waals surface area contributed by atoms with Crippen molar-refractivity contribution in [1.82, 2.24) is 0 Å². The Hall–Kier alpha value is -1.69. The van der Waals surface area contributed by atoms with E-state index in [1.807, 2.05) is 6.07 Å². The highest BCUT2D eigenvalue weighted by molar-refractivity contribution is 5.87. The molecule has 0 saturated carbocycles. The fraction of sp³-hybridized carbons (Fsp3) is 0.400. The second-order valence-corrected chi connectivity index (χ2v) is 4.36. The van der Waals surface area contributed by atoms with E-state index in [1.165, 1.54) is 6.08 Å². The average Bonchev–Trinajstić information content (AvgIpc) is 3.27. The smallest absolute Gasteiger partial charge is 0.330 e. The summed E-state index contributed by atoms with van der Waals surface area (Å²) in [6, 6.07) is 7.18.